The van der Waals surface area contributed by atoms with E-state index in [1.165, 1.54) is 11.8 Å². The third-order valence-electron chi connectivity index (χ3n) is 3.07. The summed E-state index contributed by atoms with van der Waals surface area (Å²) in [5.41, 5.74) is 0.903. The molecule has 2 aromatic rings. The van der Waals surface area contributed by atoms with Crippen molar-refractivity contribution < 1.29 is 14.6 Å². The van der Waals surface area contributed by atoms with E-state index in [1.807, 2.05) is 60.7 Å². The quantitative estimate of drug-likeness (QED) is 0.592. The lowest BCUT2D eigenvalue weighted by molar-refractivity contribution is 0.135. The molecule has 23 heavy (non-hydrogen) atoms. The van der Waals surface area contributed by atoms with Gasteiger partial charge in [0, 0.05) is 10.6 Å². The molecule has 5 heteroatoms. The molecule has 0 saturated heterocycles. The Morgan fingerprint density at radius 2 is 1.74 bits per heavy atom. The van der Waals surface area contributed by atoms with E-state index in [9.17, 15) is 9.90 Å². The summed E-state index contributed by atoms with van der Waals surface area (Å²) >= 11 is 1.52. The average molecular weight is 329 g/mol. The van der Waals surface area contributed by atoms with Crippen molar-refractivity contribution in [2.75, 3.05) is 5.75 Å². The first-order chi connectivity index (χ1) is 11.1. The lowest BCUT2D eigenvalue weighted by Gasteiger charge is -2.17. The van der Waals surface area contributed by atoms with Crippen LogP contribution < -0.4 is 5.32 Å². The highest BCUT2D eigenvalue weighted by Gasteiger charge is 2.16. The van der Waals surface area contributed by atoms with Gasteiger partial charge in [0.05, 0.1) is 6.04 Å². The van der Waals surface area contributed by atoms with E-state index >= 15 is 0 Å². The standard InChI is InChI=1S/C18H19NO3S/c1-14(20)17(13-23-16-10-6-3-7-11-16)19-18(21)22-12-15-8-4-2-5-9-15/h2-11,17,20H,1,12-13H2,(H,19,21)/t17-/m0/s1. The largest absolute Gasteiger partial charge is 0.511 e. The van der Waals surface area contributed by atoms with Crippen LogP contribution in [0.3, 0.4) is 0 Å². The van der Waals surface area contributed by atoms with Gasteiger partial charge in [-0.15, -0.1) is 11.8 Å². The predicted octanol–water partition coefficient (Wildman–Crippen LogP) is 4.15. The lowest BCUT2D eigenvalue weighted by Crippen LogP contribution is -2.38. The average Bonchev–Trinajstić information content (AvgIpc) is 2.58. The van der Waals surface area contributed by atoms with Gasteiger partial charge in [0.25, 0.3) is 0 Å². The molecule has 0 fully saturated rings. The van der Waals surface area contributed by atoms with E-state index in [2.05, 4.69) is 11.9 Å². The van der Waals surface area contributed by atoms with Crippen LogP contribution in [0.25, 0.3) is 0 Å². The summed E-state index contributed by atoms with van der Waals surface area (Å²) in [5.74, 6) is 0.380. The molecule has 0 bridgehead atoms. The number of ether oxygens (including phenoxy) is 1. The molecule has 0 radical (unpaired) electrons. The van der Waals surface area contributed by atoms with E-state index in [-0.39, 0.29) is 12.4 Å². The maximum atomic E-state index is 11.8. The maximum absolute atomic E-state index is 11.8. The number of aliphatic hydroxyl groups excluding tert-OH is 1. The van der Waals surface area contributed by atoms with Gasteiger partial charge in [0.2, 0.25) is 0 Å². The Labute approximate surface area is 140 Å². The van der Waals surface area contributed by atoms with Crippen LogP contribution in [0, 0.1) is 0 Å². The smallest absolute Gasteiger partial charge is 0.408 e. The first-order valence-corrected chi connectivity index (χ1v) is 8.16. The molecule has 0 saturated carbocycles. The molecule has 0 aromatic heterocycles. The number of hydrogen-bond acceptors (Lipinski definition) is 4. The third-order valence-corrected chi connectivity index (χ3v) is 4.17. The molecule has 120 valence electrons. The molecule has 2 aromatic carbocycles. The molecule has 0 unspecified atom stereocenters. The van der Waals surface area contributed by atoms with E-state index in [0.29, 0.717) is 5.75 Å². The highest BCUT2D eigenvalue weighted by atomic mass is 32.2. The summed E-state index contributed by atoms with van der Waals surface area (Å²) in [5, 5.41) is 12.3. The van der Waals surface area contributed by atoms with E-state index in [4.69, 9.17) is 4.74 Å². The van der Waals surface area contributed by atoms with E-state index in [1.54, 1.807) is 0 Å². The molecular weight excluding hydrogens is 310 g/mol. The minimum atomic E-state index is -0.581. The highest BCUT2D eigenvalue weighted by molar-refractivity contribution is 7.99. The number of amides is 1. The second-order valence-corrected chi connectivity index (χ2v) is 5.97. The van der Waals surface area contributed by atoms with Crippen molar-refractivity contribution >= 4 is 17.9 Å². The number of rotatable bonds is 7. The number of alkyl carbamates (subject to hydrolysis) is 1. The number of nitrogens with one attached hydrogen (secondary N) is 1. The van der Waals surface area contributed by atoms with Gasteiger partial charge in [0.1, 0.15) is 12.4 Å². The molecule has 1 atom stereocenters. The molecular formula is C18H19NO3S. The topological polar surface area (TPSA) is 58.6 Å². The van der Waals surface area contributed by atoms with Crippen molar-refractivity contribution in [2.24, 2.45) is 0 Å². The Bertz CT molecular complexity index is 631. The third kappa shape index (κ3) is 6.08. The van der Waals surface area contributed by atoms with Crippen molar-refractivity contribution in [3.05, 3.63) is 78.6 Å². The molecule has 0 aliphatic carbocycles. The van der Waals surface area contributed by atoms with Crippen molar-refractivity contribution in [3.8, 4) is 0 Å². The second kappa shape index (κ2) is 8.90. The number of carbonyl (C=O) groups excluding carboxylic acids is 1. The molecule has 0 spiro atoms. The first-order valence-electron chi connectivity index (χ1n) is 7.18. The Hall–Kier alpha value is -2.40. The van der Waals surface area contributed by atoms with Gasteiger partial charge in [-0.3, -0.25) is 0 Å². The number of carbonyl (C=O) groups is 1. The van der Waals surface area contributed by atoms with Gasteiger partial charge >= 0.3 is 6.09 Å². The minimum Gasteiger partial charge on any atom is -0.511 e. The Balaban J connectivity index is 1.81. The van der Waals surface area contributed by atoms with E-state index in [0.717, 1.165) is 10.5 Å². The summed E-state index contributed by atoms with van der Waals surface area (Å²) in [7, 11) is 0. The van der Waals surface area contributed by atoms with E-state index < -0.39 is 12.1 Å². The summed E-state index contributed by atoms with van der Waals surface area (Å²) < 4.78 is 5.15. The van der Waals surface area contributed by atoms with Gasteiger partial charge < -0.3 is 15.2 Å². The fourth-order valence-electron chi connectivity index (χ4n) is 1.82. The Morgan fingerprint density at radius 3 is 2.35 bits per heavy atom. The molecule has 0 heterocycles. The summed E-state index contributed by atoms with van der Waals surface area (Å²) in [6, 6.07) is 18.6. The fraction of sp³-hybridized carbons (Fsp3) is 0.167. The Kier molecular flexibility index (Phi) is 6.56. The van der Waals surface area contributed by atoms with Gasteiger partial charge in [-0.2, -0.15) is 0 Å². The van der Waals surface area contributed by atoms with Crippen molar-refractivity contribution in [3.63, 3.8) is 0 Å². The lowest BCUT2D eigenvalue weighted by atomic mass is 10.2. The predicted molar refractivity (Wildman–Crippen MR) is 92.5 cm³/mol. The van der Waals surface area contributed by atoms with Crippen LogP contribution in [0.15, 0.2) is 77.9 Å². The fourth-order valence-corrected chi connectivity index (χ4v) is 2.81. The van der Waals surface area contributed by atoms with Crippen LogP contribution in [0.4, 0.5) is 4.79 Å². The Morgan fingerprint density at radius 1 is 1.13 bits per heavy atom. The van der Waals surface area contributed by atoms with Crippen LogP contribution >= 0.6 is 11.8 Å². The van der Waals surface area contributed by atoms with Crippen LogP contribution in [0.1, 0.15) is 5.56 Å². The maximum Gasteiger partial charge on any atom is 0.408 e. The number of benzene rings is 2. The highest BCUT2D eigenvalue weighted by Crippen LogP contribution is 2.19. The summed E-state index contributed by atoms with van der Waals surface area (Å²) in [6.45, 7) is 3.69. The zero-order chi connectivity index (χ0) is 16.5. The summed E-state index contributed by atoms with van der Waals surface area (Å²) in [4.78, 5) is 12.9. The van der Waals surface area contributed by atoms with Crippen molar-refractivity contribution in [1.29, 1.82) is 0 Å². The van der Waals surface area contributed by atoms with Crippen LogP contribution in [0.2, 0.25) is 0 Å². The molecule has 4 nitrogen and oxygen atoms in total. The minimum absolute atomic E-state index is 0.0925. The second-order valence-electron chi connectivity index (χ2n) is 4.87. The molecule has 2 rings (SSSR count). The van der Waals surface area contributed by atoms with Crippen molar-refractivity contribution in [2.45, 2.75) is 17.5 Å². The van der Waals surface area contributed by atoms with Gasteiger partial charge in [-0.05, 0) is 17.7 Å². The van der Waals surface area contributed by atoms with Gasteiger partial charge in [0.15, 0.2) is 0 Å². The number of aliphatic hydroxyl groups is 1. The molecule has 2 N–H and O–H groups in total. The van der Waals surface area contributed by atoms with Crippen LogP contribution in [-0.2, 0) is 11.3 Å². The number of thioether (sulfide) groups is 1. The van der Waals surface area contributed by atoms with Gasteiger partial charge in [-0.1, -0.05) is 55.1 Å². The molecule has 0 aliphatic heterocycles. The SMILES string of the molecule is C=C(O)[C@H](CSc1ccccc1)NC(=O)OCc1ccccc1. The van der Waals surface area contributed by atoms with Gasteiger partial charge in [-0.25, -0.2) is 4.79 Å². The molecule has 0 aliphatic rings. The normalized spacial score (nSPS) is 11.5. The molecule has 1 amide bonds. The monoisotopic (exact) mass is 329 g/mol. The zero-order valence-electron chi connectivity index (χ0n) is 12.6. The number of hydrogen-bond donors (Lipinski definition) is 2. The summed E-state index contributed by atoms with van der Waals surface area (Å²) in [6.07, 6.45) is -0.581. The van der Waals surface area contributed by atoms with Crippen LogP contribution in [-0.4, -0.2) is 23.0 Å². The zero-order valence-corrected chi connectivity index (χ0v) is 13.5. The van der Waals surface area contributed by atoms with Crippen LogP contribution in [0.5, 0.6) is 0 Å². The first kappa shape index (κ1) is 17.0. The van der Waals surface area contributed by atoms with Crippen molar-refractivity contribution in [1.82, 2.24) is 5.32 Å².